The Labute approximate surface area is 207 Å². The maximum absolute atomic E-state index is 13.1. The van der Waals surface area contributed by atoms with Gasteiger partial charge in [-0.1, -0.05) is 72.6 Å². The molecule has 3 amide bonds. The van der Waals surface area contributed by atoms with Gasteiger partial charge in [-0.3, -0.25) is 14.4 Å². The molecule has 0 spiro atoms. The third-order valence-corrected chi connectivity index (χ3v) is 7.34. The van der Waals surface area contributed by atoms with Crippen LogP contribution >= 0.6 is 0 Å². The smallest absolute Gasteiger partial charge is 0.242 e. The topological polar surface area (TPSA) is 98.7 Å². The van der Waals surface area contributed by atoms with E-state index in [2.05, 4.69) is 31.4 Å². The number of carbonyl (C=O) groups excluding carboxylic acids is 3. The molecule has 0 aromatic carbocycles. The van der Waals surface area contributed by atoms with Crippen molar-refractivity contribution in [3.05, 3.63) is 0 Å². The minimum atomic E-state index is -0.828. The van der Waals surface area contributed by atoms with Crippen LogP contribution in [0.4, 0.5) is 0 Å². The van der Waals surface area contributed by atoms with Crippen molar-refractivity contribution in [1.29, 1.82) is 0 Å². The van der Waals surface area contributed by atoms with E-state index >= 15 is 0 Å². The van der Waals surface area contributed by atoms with Gasteiger partial charge in [0.25, 0.3) is 0 Å². The number of nitrogens with one attached hydrogen (secondary N) is 2. The van der Waals surface area contributed by atoms with Gasteiger partial charge in [0.15, 0.2) is 0 Å². The molecular formula is C27H51N3O4. The van der Waals surface area contributed by atoms with Gasteiger partial charge in [-0.15, -0.1) is 0 Å². The lowest BCUT2D eigenvalue weighted by Crippen LogP contribution is -2.52. The van der Waals surface area contributed by atoms with Crippen LogP contribution in [0.15, 0.2) is 0 Å². The van der Waals surface area contributed by atoms with Crippen molar-refractivity contribution in [2.24, 2.45) is 17.8 Å². The maximum atomic E-state index is 13.1. The number of hydrogen-bond acceptors (Lipinski definition) is 4. The van der Waals surface area contributed by atoms with Crippen molar-refractivity contribution in [1.82, 2.24) is 15.5 Å². The van der Waals surface area contributed by atoms with E-state index in [0.29, 0.717) is 31.2 Å². The van der Waals surface area contributed by atoms with Gasteiger partial charge >= 0.3 is 0 Å². The lowest BCUT2D eigenvalue weighted by Gasteiger charge is -2.32. The van der Waals surface area contributed by atoms with E-state index in [9.17, 15) is 19.5 Å². The van der Waals surface area contributed by atoms with Crippen LogP contribution in [-0.4, -0.2) is 59.5 Å². The monoisotopic (exact) mass is 481 g/mol. The Morgan fingerprint density at radius 1 is 1.12 bits per heavy atom. The highest BCUT2D eigenvalue weighted by molar-refractivity contribution is 5.87. The molecule has 0 aromatic rings. The summed E-state index contributed by atoms with van der Waals surface area (Å²) < 4.78 is 0. The standard InChI is InChI=1S/C27H51N3O4/c1-7-8-15-28-26(33)21(4)18-24(31)23-16-19(2)13-11-9-10-12-14-20(3)17-25(32)30(6)22(5)27(34)29-23/h19-24,31H,7-18H2,1-6H3,(H,28,33)(H,29,34)/t19-,20-,21?,22+,23+,24?/m1/s1. The van der Waals surface area contributed by atoms with E-state index in [0.717, 1.165) is 44.9 Å². The Morgan fingerprint density at radius 3 is 2.35 bits per heavy atom. The normalized spacial score (nSPS) is 28.1. The second kappa shape index (κ2) is 16.1. The summed E-state index contributed by atoms with van der Waals surface area (Å²) in [6, 6.07) is -1.07. The number of aliphatic hydroxyl groups is 1. The minimum absolute atomic E-state index is 0.0231. The first-order valence-electron chi connectivity index (χ1n) is 13.6. The van der Waals surface area contributed by atoms with Crippen molar-refractivity contribution >= 4 is 17.7 Å². The van der Waals surface area contributed by atoms with Gasteiger partial charge in [0.05, 0.1) is 12.1 Å². The first-order valence-corrected chi connectivity index (χ1v) is 13.6. The predicted octanol–water partition coefficient (Wildman–Crippen LogP) is 4.03. The molecule has 1 fully saturated rings. The molecule has 1 aliphatic heterocycles. The molecule has 7 nitrogen and oxygen atoms in total. The summed E-state index contributed by atoms with van der Waals surface area (Å²) in [6.45, 7) is 10.5. The van der Waals surface area contributed by atoms with Gasteiger partial charge in [0, 0.05) is 25.9 Å². The van der Waals surface area contributed by atoms with Crippen LogP contribution in [0.2, 0.25) is 0 Å². The Hall–Kier alpha value is -1.63. The van der Waals surface area contributed by atoms with E-state index in [-0.39, 0.29) is 30.1 Å². The lowest BCUT2D eigenvalue weighted by molar-refractivity contribution is -0.139. The number of nitrogens with zero attached hydrogens (tertiary/aromatic N) is 1. The van der Waals surface area contributed by atoms with Crippen molar-refractivity contribution in [3.8, 4) is 0 Å². The van der Waals surface area contributed by atoms with Crippen LogP contribution in [0.1, 0.15) is 105 Å². The molecule has 0 radical (unpaired) electrons. The summed E-state index contributed by atoms with van der Waals surface area (Å²) in [4.78, 5) is 39.7. The van der Waals surface area contributed by atoms with Crippen LogP contribution in [-0.2, 0) is 14.4 Å². The molecule has 0 aromatic heterocycles. The van der Waals surface area contributed by atoms with Crippen molar-refractivity contribution in [2.75, 3.05) is 13.6 Å². The zero-order chi connectivity index (χ0) is 25.7. The van der Waals surface area contributed by atoms with Crippen LogP contribution in [0.3, 0.4) is 0 Å². The summed E-state index contributed by atoms with van der Waals surface area (Å²) in [5.74, 6) is -0.0424. The lowest BCUT2D eigenvalue weighted by atomic mass is 9.89. The molecule has 34 heavy (non-hydrogen) atoms. The number of rotatable bonds is 7. The zero-order valence-electron chi connectivity index (χ0n) is 22.6. The van der Waals surface area contributed by atoms with Gasteiger partial charge in [-0.2, -0.15) is 0 Å². The van der Waals surface area contributed by atoms with Crippen molar-refractivity contribution < 1.29 is 19.5 Å². The number of carbonyl (C=O) groups is 3. The number of likely N-dealkylation sites (N-methyl/N-ethyl adjacent to an activating group) is 1. The molecule has 1 rings (SSSR count). The molecule has 7 heteroatoms. The van der Waals surface area contributed by atoms with Crippen molar-refractivity contribution in [3.63, 3.8) is 0 Å². The molecule has 198 valence electrons. The second-order valence-corrected chi connectivity index (χ2v) is 10.8. The van der Waals surface area contributed by atoms with Crippen molar-refractivity contribution in [2.45, 2.75) is 123 Å². The number of amides is 3. The fourth-order valence-corrected chi connectivity index (χ4v) is 4.64. The Kier molecular flexibility index (Phi) is 14.4. The first kappa shape index (κ1) is 30.4. The number of aliphatic hydroxyl groups excluding tert-OH is 1. The van der Waals surface area contributed by atoms with Gasteiger partial charge in [0.1, 0.15) is 6.04 Å². The quantitative estimate of drug-likeness (QED) is 0.478. The average molecular weight is 482 g/mol. The zero-order valence-corrected chi connectivity index (χ0v) is 22.6. The number of unbranched alkanes of at least 4 members (excludes halogenated alkanes) is 1. The van der Waals surface area contributed by atoms with Crippen LogP contribution < -0.4 is 10.6 Å². The summed E-state index contributed by atoms with van der Waals surface area (Å²) in [5.41, 5.74) is 0. The maximum Gasteiger partial charge on any atom is 0.242 e. The van der Waals surface area contributed by atoms with E-state index in [1.54, 1.807) is 14.0 Å². The summed E-state index contributed by atoms with van der Waals surface area (Å²) in [7, 11) is 1.68. The molecule has 1 heterocycles. The minimum Gasteiger partial charge on any atom is -0.391 e. The van der Waals surface area contributed by atoms with Gasteiger partial charge in [0.2, 0.25) is 17.7 Å². The number of hydrogen-bond donors (Lipinski definition) is 3. The fourth-order valence-electron chi connectivity index (χ4n) is 4.64. The van der Waals surface area contributed by atoms with E-state index in [4.69, 9.17) is 0 Å². The summed E-state index contributed by atoms with van der Waals surface area (Å²) in [6.07, 6.45) is 9.17. The Balaban J connectivity index is 2.91. The summed E-state index contributed by atoms with van der Waals surface area (Å²) in [5, 5.41) is 17.0. The molecule has 1 aliphatic rings. The summed E-state index contributed by atoms with van der Waals surface area (Å²) >= 11 is 0. The van der Waals surface area contributed by atoms with Crippen LogP contribution in [0, 0.1) is 17.8 Å². The molecule has 0 aliphatic carbocycles. The van der Waals surface area contributed by atoms with Gasteiger partial charge < -0.3 is 20.6 Å². The highest BCUT2D eigenvalue weighted by Crippen LogP contribution is 2.22. The molecule has 0 bridgehead atoms. The van der Waals surface area contributed by atoms with Crippen LogP contribution in [0.25, 0.3) is 0 Å². The molecule has 1 saturated heterocycles. The first-order chi connectivity index (χ1) is 16.1. The Morgan fingerprint density at radius 2 is 1.74 bits per heavy atom. The van der Waals surface area contributed by atoms with Gasteiger partial charge in [-0.05, 0) is 38.0 Å². The van der Waals surface area contributed by atoms with E-state index < -0.39 is 18.2 Å². The fraction of sp³-hybridized carbons (Fsp3) is 0.889. The van der Waals surface area contributed by atoms with Crippen LogP contribution in [0.5, 0.6) is 0 Å². The molecular weight excluding hydrogens is 430 g/mol. The Bertz CT molecular complexity index is 627. The third kappa shape index (κ3) is 11.2. The molecule has 0 saturated carbocycles. The third-order valence-electron chi connectivity index (χ3n) is 7.34. The second-order valence-electron chi connectivity index (χ2n) is 10.8. The molecule has 3 N–H and O–H groups in total. The predicted molar refractivity (Wildman–Crippen MR) is 137 cm³/mol. The highest BCUT2D eigenvalue weighted by Gasteiger charge is 2.30. The average Bonchev–Trinajstić information content (AvgIpc) is 2.78. The highest BCUT2D eigenvalue weighted by atomic mass is 16.3. The molecule has 6 atom stereocenters. The van der Waals surface area contributed by atoms with Gasteiger partial charge in [-0.25, -0.2) is 0 Å². The SMILES string of the molecule is CCCCNC(=O)C(C)CC(O)[C@@H]1C[C@H](C)CCCCCC[C@@H](C)CC(=O)N(C)[C@@H](C)C(=O)N1. The largest absolute Gasteiger partial charge is 0.391 e. The van der Waals surface area contributed by atoms with E-state index in [1.165, 1.54) is 11.3 Å². The molecule has 2 unspecified atom stereocenters. The van der Waals surface area contributed by atoms with E-state index in [1.807, 2.05) is 6.92 Å².